The molecule has 1 heterocycles. The Labute approximate surface area is 259 Å². The molecule has 1 unspecified atom stereocenters. The normalized spacial score (nSPS) is 44.8. The topological polar surface area (TPSA) is 74.5 Å². The average molecular weight is 586 g/mol. The number of aromatic amines is 1. The Bertz CT molecular complexity index is 1350. The second kappa shape index (κ2) is 10.4. The van der Waals surface area contributed by atoms with Crippen molar-refractivity contribution in [2.45, 2.75) is 112 Å². The lowest BCUT2D eigenvalue weighted by atomic mass is 9.33. The first kappa shape index (κ1) is 30.8. The summed E-state index contributed by atoms with van der Waals surface area (Å²) < 4.78 is 0. The molecule has 5 aliphatic carbocycles. The van der Waals surface area contributed by atoms with E-state index < -0.39 is 11.4 Å². The van der Waals surface area contributed by atoms with Crippen LogP contribution in [0.15, 0.2) is 54.2 Å². The number of para-hydroxylation sites is 1. The first-order chi connectivity index (χ1) is 20.2. The van der Waals surface area contributed by atoms with E-state index in [1.54, 1.807) is 0 Å². The monoisotopic (exact) mass is 585 g/mol. The molecular weight excluding hydrogens is 530 g/mol. The summed E-state index contributed by atoms with van der Waals surface area (Å²) in [6, 6.07) is 12.3. The zero-order valence-electron chi connectivity index (χ0n) is 27.7. The molecule has 0 bridgehead atoms. The van der Waals surface area contributed by atoms with E-state index in [9.17, 15) is 15.0 Å². The predicted octanol–water partition coefficient (Wildman–Crippen LogP) is 7.41. The number of carboxylic acid groups (broad SMARTS) is 1. The molecule has 0 amide bonds. The van der Waals surface area contributed by atoms with Crippen LogP contribution in [0.3, 0.4) is 0 Å². The maximum Gasteiger partial charge on any atom is 0.210 e. The Hall–Kier alpha value is -2.20. The quantitative estimate of drug-likeness (QED) is 0.354. The summed E-state index contributed by atoms with van der Waals surface area (Å²) in [5.41, 5.74) is 2.42. The Morgan fingerprint density at radius 3 is 2.33 bits per heavy atom. The van der Waals surface area contributed by atoms with E-state index >= 15 is 0 Å². The van der Waals surface area contributed by atoms with E-state index in [1.807, 2.05) is 24.4 Å². The lowest BCUT2D eigenvalue weighted by Crippen LogP contribution is -2.66. The Kier molecular flexibility index (Phi) is 7.47. The van der Waals surface area contributed by atoms with Crippen molar-refractivity contribution < 1.29 is 20.0 Å². The van der Waals surface area contributed by atoms with Crippen LogP contribution in [0, 0.1) is 56.7 Å². The number of carbonyl (C=O) groups is 1. The summed E-state index contributed by atoms with van der Waals surface area (Å²) in [4.78, 5) is 15.8. The summed E-state index contributed by atoms with van der Waals surface area (Å²) in [5, 5.41) is 24.8. The molecule has 0 spiro atoms. The zero-order valence-corrected chi connectivity index (χ0v) is 27.7. The number of carbonyl (C=O) groups excluding carboxylic acids is 1. The number of carboxylic acids is 1. The minimum Gasteiger partial charge on any atom is -0.550 e. The summed E-state index contributed by atoms with van der Waals surface area (Å²) in [5.74, 6) is 1.42. The van der Waals surface area contributed by atoms with E-state index in [2.05, 4.69) is 77.7 Å². The molecule has 10 atom stereocenters. The highest BCUT2D eigenvalue weighted by Gasteiger charge is 2.68. The molecule has 1 aromatic heterocycles. The van der Waals surface area contributed by atoms with Gasteiger partial charge >= 0.3 is 0 Å². The summed E-state index contributed by atoms with van der Waals surface area (Å²) in [6.45, 7) is 16.8. The highest BCUT2D eigenvalue weighted by molar-refractivity contribution is 5.75. The number of fused-ring (bicyclic) bond motifs is 8. The molecule has 2 N–H and O–H groups in total. The van der Waals surface area contributed by atoms with Crippen LogP contribution in [0.4, 0.5) is 0 Å². The van der Waals surface area contributed by atoms with Gasteiger partial charge in [-0.05, 0) is 121 Å². The van der Waals surface area contributed by atoms with Crippen molar-refractivity contribution in [1.29, 1.82) is 0 Å². The number of aliphatic carboxylic acids is 1. The molecule has 0 radical (unpaired) electrons. The molecular formula is C39H55NO3. The number of pyridine rings is 1. The van der Waals surface area contributed by atoms with Crippen LogP contribution in [0.2, 0.25) is 0 Å². The van der Waals surface area contributed by atoms with Crippen LogP contribution >= 0.6 is 0 Å². The van der Waals surface area contributed by atoms with Gasteiger partial charge < -0.3 is 15.0 Å². The molecule has 0 aliphatic heterocycles. The maximum absolute atomic E-state index is 12.7. The van der Waals surface area contributed by atoms with Crippen molar-refractivity contribution >= 4 is 16.9 Å². The van der Waals surface area contributed by atoms with Crippen molar-refractivity contribution in [2.75, 3.05) is 0 Å². The van der Waals surface area contributed by atoms with Crippen LogP contribution in [0.1, 0.15) is 106 Å². The summed E-state index contributed by atoms with van der Waals surface area (Å²) in [7, 11) is 0. The fourth-order valence-corrected chi connectivity index (χ4v) is 11.9. The SMILES string of the molecule is C[C@@H]1CC[C@]2(C(=O)[O-])CC[C@]3(C)C(=CC[C@@H]4[C@@]5(C)CC[C@H](O)C(C)(C)[C@@H]5CC[C@]43C)C2[C@H]1C.c1ccc2[nH+]cccc2c1. The van der Waals surface area contributed by atoms with Gasteiger partial charge in [0.25, 0.3) is 0 Å². The minimum absolute atomic E-state index is 0.0385. The first-order valence-corrected chi connectivity index (χ1v) is 17.2. The van der Waals surface area contributed by atoms with Crippen LogP contribution in [-0.2, 0) is 4.79 Å². The van der Waals surface area contributed by atoms with Gasteiger partial charge in [-0.1, -0.05) is 72.2 Å². The predicted molar refractivity (Wildman–Crippen MR) is 170 cm³/mol. The Morgan fingerprint density at radius 2 is 1.60 bits per heavy atom. The lowest BCUT2D eigenvalue weighted by molar-refractivity contribution is -0.344. The number of nitrogens with one attached hydrogen (secondary N) is 1. The highest BCUT2D eigenvalue weighted by Crippen LogP contribution is 2.75. The fourth-order valence-electron chi connectivity index (χ4n) is 11.9. The summed E-state index contributed by atoms with van der Waals surface area (Å²) in [6.07, 6.45) is 13.3. The van der Waals surface area contributed by atoms with Crippen molar-refractivity contribution in [3.05, 3.63) is 54.2 Å². The third kappa shape index (κ3) is 4.32. The largest absolute Gasteiger partial charge is 0.550 e. The van der Waals surface area contributed by atoms with E-state index in [0.29, 0.717) is 23.7 Å². The number of aromatic nitrogens is 1. The second-order valence-corrected chi connectivity index (χ2v) is 16.7. The van der Waals surface area contributed by atoms with Gasteiger partial charge in [0.05, 0.1) is 6.10 Å². The first-order valence-electron chi connectivity index (χ1n) is 17.2. The molecule has 4 heteroatoms. The van der Waals surface area contributed by atoms with Crippen LogP contribution in [-0.4, -0.2) is 17.2 Å². The number of aliphatic hydroxyl groups excluding tert-OH is 1. The van der Waals surface area contributed by atoms with Crippen molar-refractivity contribution in [3.8, 4) is 0 Å². The fraction of sp³-hybridized carbons (Fsp3) is 0.692. The van der Waals surface area contributed by atoms with Crippen molar-refractivity contribution in [3.63, 3.8) is 0 Å². The van der Waals surface area contributed by atoms with Gasteiger partial charge in [0, 0.05) is 28.9 Å². The summed E-state index contributed by atoms with van der Waals surface area (Å²) >= 11 is 0. The molecule has 1 aromatic carbocycles. The van der Waals surface area contributed by atoms with Gasteiger partial charge in [0.1, 0.15) is 0 Å². The molecule has 4 saturated carbocycles. The van der Waals surface area contributed by atoms with Crippen LogP contribution < -0.4 is 10.1 Å². The van der Waals surface area contributed by atoms with Crippen molar-refractivity contribution in [1.82, 2.24) is 0 Å². The number of hydrogen-bond acceptors (Lipinski definition) is 3. The maximum atomic E-state index is 12.7. The molecule has 234 valence electrons. The second-order valence-electron chi connectivity index (χ2n) is 16.7. The van der Waals surface area contributed by atoms with Crippen molar-refractivity contribution in [2.24, 2.45) is 56.7 Å². The van der Waals surface area contributed by atoms with Crippen LogP contribution in [0.5, 0.6) is 0 Å². The molecule has 2 aromatic rings. The van der Waals surface area contributed by atoms with Gasteiger partial charge in [0.2, 0.25) is 5.52 Å². The van der Waals surface area contributed by atoms with Gasteiger partial charge in [0.15, 0.2) is 6.20 Å². The van der Waals surface area contributed by atoms with E-state index in [4.69, 9.17) is 0 Å². The van der Waals surface area contributed by atoms with Gasteiger partial charge in [-0.2, -0.15) is 0 Å². The zero-order chi connectivity index (χ0) is 31.0. The standard InChI is InChI=1S/C30H48O3.C9H7N/c1-18-10-15-30(25(32)33)17-16-28(6)20(24(30)19(18)2)8-9-22-27(5)13-12-23(31)26(3,4)21(27)11-14-29(22,28)7;1-2-6-9-8(4-1)5-3-7-10-9/h8,18-19,21-24,31H,9-17H2,1-7H3,(H,32,33);1-7H/t18-,19+,21+,22-,23+,24?,27+,28-,29-,30+;/m1./s1. The van der Waals surface area contributed by atoms with Gasteiger partial charge in [-0.25, -0.2) is 4.98 Å². The van der Waals surface area contributed by atoms with E-state index in [-0.39, 0.29) is 33.7 Å². The molecule has 4 fully saturated rings. The van der Waals surface area contributed by atoms with E-state index in [1.165, 1.54) is 29.3 Å². The molecule has 4 nitrogen and oxygen atoms in total. The minimum atomic E-state index is -0.792. The van der Waals surface area contributed by atoms with Crippen LogP contribution in [0.25, 0.3) is 10.9 Å². The molecule has 43 heavy (non-hydrogen) atoms. The third-order valence-electron chi connectivity index (χ3n) is 14.9. The highest BCUT2D eigenvalue weighted by atomic mass is 16.4. The Balaban J connectivity index is 0.000000277. The molecule has 0 saturated heterocycles. The number of benzene rings is 1. The molecule has 7 rings (SSSR count). The average Bonchev–Trinajstić information content (AvgIpc) is 2.98. The van der Waals surface area contributed by atoms with Gasteiger partial charge in [-0.15, -0.1) is 0 Å². The number of H-pyrrole nitrogens is 1. The number of rotatable bonds is 1. The van der Waals surface area contributed by atoms with Gasteiger partial charge in [-0.3, -0.25) is 0 Å². The lowest BCUT2D eigenvalue weighted by Gasteiger charge is -2.71. The number of aliphatic hydroxyl groups is 1. The van der Waals surface area contributed by atoms with E-state index in [0.717, 1.165) is 44.9 Å². The molecule has 5 aliphatic rings. The number of hydrogen-bond donors (Lipinski definition) is 1. The third-order valence-corrected chi connectivity index (χ3v) is 14.9. The number of allylic oxidation sites excluding steroid dienone is 2. The smallest absolute Gasteiger partial charge is 0.210 e. The Morgan fingerprint density at radius 1 is 0.884 bits per heavy atom.